The number of ketones is 1. The molecule has 1 heterocycles. The van der Waals surface area contributed by atoms with Crippen molar-refractivity contribution in [2.45, 2.75) is 32.5 Å². The predicted molar refractivity (Wildman–Crippen MR) is 108 cm³/mol. The molecule has 1 fully saturated rings. The van der Waals surface area contributed by atoms with Gasteiger partial charge in [-0.3, -0.25) is 9.59 Å². The fourth-order valence-corrected chi connectivity index (χ4v) is 3.54. The minimum Gasteiger partial charge on any atom is -0.491 e. The lowest BCUT2D eigenvalue weighted by Gasteiger charge is -2.33. The summed E-state index contributed by atoms with van der Waals surface area (Å²) >= 11 is 0. The number of carbonyl (C=O) groups is 2. The summed E-state index contributed by atoms with van der Waals surface area (Å²) in [4.78, 5) is 25.6. The standard InChI is InChI=1S/C23H23F4NO4/c1-14-9-17(4-5-19(14)15(2)29)32-13-18-12-28(7-8-31-18)22(30)11-16-3-6-20(21(24)10-16)23(25,26)27/h3-6,9-10,18H,7-8,11-13H2,1-2H3. The smallest absolute Gasteiger partial charge is 0.419 e. The van der Waals surface area contributed by atoms with Crippen molar-refractivity contribution in [1.82, 2.24) is 4.90 Å². The molecule has 1 saturated heterocycles. The maximum Gasteiger partial charge on any atom is 0.419 e. The fraction of sp³-hybridized carbons (Fsp3) is 0.391. The third-order valence-electron chi connectivity index (χ3n) is 5.20. The SMILES string of the molecule is CC(=O)c1ccc(OCC2CN(C(=O)Cc3ccc(C(F)(F)F)c(F)c3)CCO2)cc1C. The first-order valence-electron chi connectivity index (χ1n) is 10.0. The van der Waals surface area contributed by atoms with Crippen molar-refractivity contribution >= 4 is 11.7 Å². The van der Waals surface area contributed by atoms with Gasteiger partial charge in [-0.25, -0.2) is 4.39 Å². The van der Waals surface area contributed by atoms with Crippen LogP contribution in [0.25, 0.3) is 0 Å². The van der Waals surface area contributed by atoms with Crippen molar-refractivity contribution in [2.75, 3.05) is 26.3 Å². The molecule has 0 aromatic heterocycles. The zero-order valence-corrected chi connectivity index (χ0v) is 17.7. The van der Waals surface area contributed by atoms with Crippen molar-refractivity contribution in [3.63, 3.8) is 0 Å². The molecule has 0 spiro atoms. The maximum atomic E-state index is 13.8. The van der Waals surface area contributed by atoms with Crippen molar-refractivity contribution < 1.29 is 36.6 Å². The molecule has 5 nitrogen and oxygen atoms in total. The molecule has 0 aliphatic carbocycles. The van der Waals surface area contributed by atoms with Crippen LogP contribution in [0, 0.1) is 12.7 Å². The lowest BCUT2D eigenvalue weighted by atomic mass is 10.1. The van der Waals surface area contributed by atoms with Crippen LogP contribution in [0.3, 0.4) is 0 Å². The molecular formula is C23H23F4NO4. The maximum absolute atomic E-state index is 13.8. The second kappa shape index (κ2) is 9.68. The van der Waals surface area contributed by atoms with Gasteiger partial charge in [0, 0.05) is 12.1 Å². The second-order valence-corrected chi connectivity index (χ2v) is 7.67. The Kier molecular flexibility index (Phi) is 7.18. The average Bonchev–Trinajstić information content (AvgIpc) is 2.71. The van der Waals surface area contributed by atoms with Gasteiger partial charge in [-0.15, -0.1) is 0 Å². The second-order valence-electron chi connectivity index (χ2n) is 7.67. The van der Waals surface area contributed by atoms with Crippen LogP contribution in [0.15, 0.2) is 36.4 Å². The van der Waals surface area contributed by atoms with Crippen LogP contribution in [-0.4, -0.2) is 49.0 Å². The van der Waals surface area contributed by atoms with E-state index < -0.39 is 23.7 Å². The van der Waals surface area contributed by atoms with Crippen LogP contribution < -0.4 is 4.74 Å². The lowest BCUT2D eigenvalue weighted by Crippen LogP contribution is -2.48. The zero-order valence-electron chi connectivity index (χ0n) is 17.7. The number of benzene rings is 2. The summed E-state index contributed by atoms with van der Waals surface area (Å²) in [7, 11) is 0. The van der Waals surface area contributed by atoms with Crippen LogP contribution in [0.5, 0.6) is 5.75 Å². The van der Waals surface area contributed by atoms with Gasteiger partial charge in [0.15, 0.2) is 5.78 Å². The Morgan fingerprint density at radius 3 is 2.56 bits per heavy atom. The van der Waals surface area contributed by atoms with Crippen LogP contribution in [0.2, 0.25) is 0 Å². The number of ether oxygens (including phenoxy) is 2. The first kappa shape index (κ1) is 23.7. The van der Waals surface area contributed by atoms with Crippen LogP contribution in [-0.2, 0) is 22.1 Å². The quantitative estimate of drug-likeness (QED) is 0.486. The summed E-state index contributed by atoms with van der Waals surface area (Å²) in [6.45, 7) is 4.33. The number of nitrogens with zero attached hydrogens (tertiary/aromatic N) is 1. The Labute approximate surface area is 182 Å². The number of aryl methyl sites for hydroxylation is 1. The van der Waals surface area contributed by atoms with Gasteiger partial charge in [0.1, 0.15) is 24.3 Å². The molecule has 9 heteroatoms. The molecule has 0 saturated carbocycles. The van der Waals surface area contributed by atoms with Crippen LogP contribution >= 0.6 is 0 Å². The van der Waals surface area contributed by atoms with E-state index in [1.54, 1.807) is 18.2 Å². The number of Topliss-reactive ketones (excluding diaryl/α,β-unsaturated/α-hetero) is 1. The zero-order chi connectivity index (χ0) is 23.5. The van der Waals surface area contributed by atoms with Gasteiger partial charge in [-0.05, 0) is 55.3 Å². The van der Waals surface area contributed by atoms with E-state index in [-0.39, 0.29) is 43.4 Å². The molecule has 3 rings (SSSR count). The molecule has 172 valence electrons. The molecule has 1 aliphatic heterocycles. The van der Waals surface area contributed by atoms with Gasteiger partial charge < -0.3 is 14.4 Å². The highest BCUT2D eigenvalue weighted by atomic mass is 19.4. The molecule has 0 bridgehead atoms. The number of hydrogen-bond acceptors (Lipinski definition) is 4. The monoisotopic (exact) mass is 453 g/mol. The Bertz CT molecular complexity index is 1010. The van der Waals surface area contributed by atoms with Crippen molar-refractivity contribution in [3.8, 4) is 5.75 Å². The molecule has 0 N–H and O–H groups in total. The molecule has 1 atom stereocenters. The molecule has 1 amide bonds. The largest absolute Gasteiger partial charge is 0.491 e. The van der Waals surface area contributed by atoms with Crippen molar-refractivity contribution in [1.29, 1.82) is 0 Å². The number of morpholine rings is 1. The summed E-state index contributed by atoms with van der Waals surface area (Å²) in [5.41, 5.74) is 0.215. The molecule has 32 heavy (non-hydrogen) atoms. The Hall–Kier alpha value is -2.94. The lowest BCUT2D eigenvalue weighted by molar-refractivity contribution is -0.140. The Morgan fingerprint density at radius 2 is 1.94 bits per heavy atom. The molecular weight excluding hydrogens is 430 g/mol. The number of halogens is 4. The first-order chi connectivity index (χ1) is 15.0. The summed E-state index contributed by atoms with van der Waals surface area (Å²) < 4.78 is 63.2. The van der Waals surface area contributed by atoms with Gasteiger partial charge in [0.25, 0.3) is 0 Å². The van der Waals surface area contributed by atoms with Crippen molar-refractivity contribution in [3.05, 3.63) is 64.5 Å². The highest BCUT2D eigenvalue weighted by Gasteiger charge is 2.34. The van der Waals surface area contributed by atoms with E-state index >= 15 is 0 Å². The summed E-state index contributed by atoms with van der Waals surface area (Å²) in [6.07, 6.45) is -5.40. The fourth-order valence-electron chi connectivity index (χ4n) is 3.54. The first-order valence-corrected chi connectivity index (χ1v) is 10.0. The molecule has 2 aromatic rings. The molecule has 0 radical (unpaired) electrons. The number of amides is 1. The number of alkyl halides is 3. The van der Waals surface area contributed by atoms with Crippen molar-refractivity contribution in [2.24, 2.45) is 0 Å². The normalized spacial score (nSPS) is 16.7. The number of hydrogen-bond donors (Lipinski definition) is 0. The van der Waals surface area contributed by atoms with Gasteiger partial charge in [-0.2, -0.15) is 13.2 Å². The summed E-state index contributed by atoms with van der Waals surface area (Å²) in [5.74, 6) is -1.20. The van der Waals surface area contributed by atoms with Gasteiger partial charge >= 0.3 is 6.18 Å². The highest BCUT2D eigenvalue weighted by Crippen LogP contribution is 2.31. The molecule has 1 unspecified atom stereocenters. The average molecular weight is 453 g/mol. The third-order valence-corrected chi connectivity index (χ3v) is 5.20. The van der Waals surface area contributed by atoms with E-state index in [0.717, 1.165) is 17.7 Å². The van der Waals surface area contributed by atoms with Gasteiger partial charge in [-0.1, -0.05) is 6.07 Å². The molecule has 2 aromatic carbocycles. The van der Waals surface area contributed by atoms with Gasteiger partial charge in [0.2, 0.25) is 5.91 Å². The third kappa shape index (κ3) is 5.85. The Morgan fingerprint density at radius 1 is 1.19 bits per heavy atom. The Balaban J connectivity index is 1.56. The minimum absolute atomic E-state index is 0.0354. The number of carbonyl (C=O) groups excluding carboxylic acids is 2. The van der Waals surface area contributed by atoms with Crippen LogP contribution in [0.4, 0.5) is 17.6 Å². The van der Waals surface area contributed by atoms with E-state index in [9.17, 15) is 27.2 Å². The molecule has 1 aliphatic rings. The van der Waals surface area contributed by atoms with E-state index in [1.165, 1.54) is 11.8 Å². The van der Waals surface area contributed by atoms with E-state index in [1.807, 2.05) is 6.92 Å². The van der Waals surface area contributed by atoms with Crippen LogP contribution in [0.1, 0.15) is 34.0 Å². The topological polar surface area (TPSA) is 55.8 Å². The minimum atomic E-state index is -4.78. The number of rotatable bonds is 6. The summed E-state index contributed by atoms with van der Waals surface area (Å²) in [5, 5.41) is 0. The van der Waals surface area contributed by atoms with E-state index in [4.69, 9.17) is 9.47 Å². The predicted octanol–water partition coefficient (Wildman–Crippen LogP) is 4.20. The van der Waals surface area contributed by atoms with E-state index in [0.29, 0.717) is 23.9 Å². The van der Waals surface area contributed by atoms with Gasteiger partial charge in [0.05, 0.1) is 25.1 Å². The summed E-state index contributed by atoms with van der Waals surface area (Å²) in [6, 6.07) is 7.63. The highest BCUT2D eigenvalue weighted by molar-refractivity contribution is 5.95. The van der Waals surface area contributed by atoms with E-state index in [2.05, 4.69) is 0 Å².